The smallest absolute Gasteiger partial charge is 0.163 e. The molecule has 0 amide bonds. The first-order valence-electron chi connectivity index (χ1n) is 6.73. The van der Waals surface area contributed by atoms with E-state index in [9.17, 15) is 0 Å². The van der Waals surface area contributed by atoms with Crippen LogP contribution in [0.2, 0.25) is 5.15 Å². The first-order valence-corrected chi connectivity index (χ1v) is 7.11. The Bertz CT molecular complexity index is 789. The number of para-hydroxylation sites is 1. The summed E-state index contributed by atoms with van der Waals surface area (Å²) in [7, 11) is 0. The highest BCUT2D eigenvalue weighted by Crippen LogP contribution is 2.26. The van der Waals surface area contributed by atoms with E-state index in [0.717, 1.165) is 17.5 Å². The Labute approximate surface area is 133 Å². The summed E-state index contributed by atoms with van der Waals surface area (Å²) in [5.74, 6) is 1.04. The van der Waals surface area contributed by atoms with Crippen molar-refractivity contribution in [3.05, 3.63) is 71.4 Å². The van der Waals surface area contributed by atoms with Crippen LogP contribution < -0.4 is 5.32 Å². The van der Waals surface area contributed by atoms with Gasteiger partial charge in [0.05, 0.1) is 5.56 Å². The lowest BCUT2D eigenvalue weighted by Crippen LogP contribution is -2.03. The molecule has 2 N–H and O–H groups in total. The first-order chi connectivity index (χ1) is 10.8. The number of aromatic nitrogens is 2. The lowest BCUT2D eigenvalue weighted by Gasteiger charge is -2.11. The van der Waals surface area contributed by atoms with Crippen molar-refractivity contribution >= 4 is 29.3 Å². The van der Waals surface area contributed by atoms with E-state index in [1.807, 2.05) is 60.7 Å². The number of rotatable bonds is 4. The maximum absolute atomic E-state index is 7.54. The summed E-state index contributed by atoms with van der Waals surface area (Å²) in [6, 6.07) is 19.2. The molecule has 22 heavy (non-hydrogen) atoms. The van der Waals surface area contributed by atoms with Crippen molar-refractivity contribution < 1.29 is 0 Å². The largest absolute Gasteiger partial charge is 0.340 e. The zero-order chi connectivity index (χ0) is 15.4. The maximum Gasteiger partial charge on any atom is 0.163 e. The standard InChI is InChI=1S/C17H13ClN4/c18-15-14(11-19)17(20-13-9-5-2-6-10-13)22-16(21-15)12-7-3-1-4-8-12/h1-11,19H,(H,20,21,22). The molecule has 3 rings (SSSR count). The highest BCUT2D eigenvalue weighted by Gasteiger charge is 2.12. The van der Waals surface area contributed by atoms with Gasteiger partial charge in [-0.1, -0.05) is 60.1 Å². The number of benzene rings is 2. The number of halogens is 1. The minimum atomic E-state index is 0.252. The van der Waals surface area contributed by atoms with E-state index in [1.54, 1.807) is 0 Å². The molecule has 0 aliphatic heterocycles. The van der Waals surface area contributed by atoms with E-state index < -0.39 is 0 Å². The van der Waals surface area contributed by atoms with Crippen LogP contribution in [0.25, 0.3) is 11.4 Å². The monoisotopic (exact) mass is 308 g/mol. The molecule has 1 aromatic heterocycles. The molecule has 0 spiro atoms. The molecule has 0 saturated carbocycles. The summed E-state index contributed by atoms with van der Waals surface area (Å²) >= 11 is 6.21. The zero-order valence-corrected chi connectivity index (χ0v) is 12.4. The molecule has 4 nitrogen and oxygen atoms in total. The third kappa shape index (κ3) is 2.97. The number of nitrogens with one attached hydrogen (secondary N) is 2. The van der Waals surface area contributed by atoms with Gasteiger partial charge >= 0.3 is 0 Å². The molecular weight excluding hydrogens is 296 g/mol. The summed E-state index contributed by atoms with van der Waals surface area (Å²) in [6.07, 6.45) is 1.16. The minimum Gasteiger partial charge on any atom is -0.340 e. The highest BCUT2D eigenvalue weighted by molar-refractivity contribution is 6.32. The quantitative estimate of drug-likeness (QED) is 0.549. The predicted octanol–water partition coefficient (Wildman–Crippen LogP) is 4.54. The molecule has 0 fully saturated rings. The number of anilines is 2. The van der Waals surface area contributed by atoms with Gasteiger partial charge in [0.1, 0.15) is 11.0 Å². The van der Waals surface area contributed by atoms with Gasteiger partial charge in [-0.05, 0) is 12.1 Å². The van der Waals surface area contributed by atoms with Crippen molar-refractivity contribution in [2.24, 2.45) is 0 Å². The van der Waals surface area contributed by atoms with Crippen LogP contribution in [-0.4, -0.2) is 16.2 Å². The van der Waals surface area contributed by atoms with Gasteiger partial charge < -0.3 is 10.7 Å². The fourth-order valence-corrected chi connectivity index (χ4v) is 2.26. The lowest BCUT2D eigenvalue weighted by atomic mass is 10.2. The van der Waals surface area contributed by atoms with Gasteiger partial charge in [0.15, 0.2) is 5.82 Å². The Morgan fingerprint density at radius 3 is 2.18 bits per heavy atom. The molecule has 0 aliphatic rings. The Morgan fingerprint density at radius 2 is 1.55 bits per heavy atom. The van der Waals surface area contributed by atoms with Gasteiger partial charge in [0.25, 0.3) is 0 Å². The van der Waals surface area contributed by atoms with Crippen LogP contribution in [0.15, 0.2) is 60.7 Å². The second-order valence-electron chi connectivity index (χ2n) is 4.60. The molecule has 0 unspecified atom stereocenters. The van der Waals surface area contributed by atoms with Gasteiger partial charge in [0.2, 0.25) is 0 Å². The van der Waals surface area contributed by atoms with Crippen LogP contribution >= 0.6 is 11.6 Å². The highest BCUT2D eigenvalue weighted by atomic mass is 35.5. The number of nitrogens with zero attached hydrogens (tertiary/aromatic N) is 2. The van der Waals surface area contributed by atoms with E-state index in [4.69, 9.17) is 17.0 Å². The third-order valence-electron chi connectivity index (χ3n) is 3.11. The van der Waals surface area contributed by atoms with Crippen LogP contribution in [-0.2, 0) is 0 Å². The van der Waals surface area contributed by atoms with Crippen molar-refractivity contribution in [2.45, 2.75) is 0 Å². The molecule has 0 saturated heterocycles. The Hall–Kier alpha value is -2.72. The summed E-state index contributed by atoms with van der Waals surface area (Å²) < 4.78 is 0. The van der Waals surface area contributed by atoms with Crippen LogP contribution in [0.4, 0.5) is 11.5 Å². The first kappa shape index (κ1) is 14.2. The van der Waals surface area contributed by atoms with Gasteiger partial charge in [-0.3, -0.25) is 0 Å². The van der Waals surface area contributed by atoms with Crippen LogP contribution in [0, 0.1) is 5.41 Å². The fraction of sp³-hybridized carbons (Fsp3) is 0. The summed E-state index contributed by atoms with van der Waals surface area (Å²) in [6.45, 7) is 0. The molecule has 0 atom stereocenters. The molecular formula is C17H13ClN4. The molecule has 5 heteroatoms. The predicted molar refractivity (Wildman–Crippen MR) is 90.1 cm³/mol. The molecule has 0 radical (unpaired) electrons. The van der Waals surface area contributed by atoms with Crippen molar-refractivity contribution in [1.82, 2.24) is 9.97 Å². The van der Waals surface area contributed by atoms with E-state index in [0.29, 0.717) is 17.2 Å². The number of hydrogen-bond acceptors (Lipinski definition) is 4. The van der Waals surface area contributed by atoms with Crippen molar-refractivity contribution in [1.29, 1.82) is 5.41 Å². The van der Waals surface area contributed by atoms with Gasteiger partial charge in [-0.25, -0.2) is 9.97 Å². The topological polar surface area (TPSA) is 61.7 Å². The number of hydrogen-bond donors (Lipinski definition) is 2. The van der Waals surface area contributed by atoms with Gasteiger partial charge in [-0.15, -0.1) is 0 Å². The second kappa shape index (κ2) is 6.37. The van der Waals surface area contributed by atoms with Gasteiger partial charge in [-0.2, -0.15) is 0 Å². The summed E-state index contributed by atoms with van der Waals surface area (Å²) in [4.78, 5) is 8.79. The van der Waals surface area contributed by atoms with E-state index >= 15 is 0 Å². The SMILES string of the molecule is N=Cc1c(Cl)nc(-c2ccccc2)nc1Nc1ccccc1. The van der Waals surface area contributed by atoms with Crippen LogP contribution in [0.1, 0.15) is 5.56 Å². The molecule has 2 aromatic carbocycles. The van der Waals surface area contributed by atoms with Crippen molar-refractivity contribution in [3.63, 3.8) is 0 Å². The molecule has 0 aliphatic carbocycles. The average Bonchev–Trinajstić information content (AvgIpc) is 2.56. The van der Waals surface area contributed by atoms with E-state index in [1.165, 1.54) is 0 Å². The van der Waals surface area contributed by atoms with Crippen molar-refractivity contribution in [2.75, 3.05) is 5.32 Å². The van der Waals surface area contributed by atoms with E-state index in [2.05, 4.69) is 15.3 Å². The Morgan fingerprint density at radius 1 is 0.909 bits per heavy atom. The second-order valence-corrected chi connectivity index (χ2v) is 4.96. The van der Waals surface area contributed by atoms with E-state index in [-0.39, 0.29) is 5.15 Å². The normalized spacial score (nSPS) is 10.2. The molecule has 1 heterocycles. The molecule has 0 bridgehead atoms. The Balaban J connectivity index is 2.07. The van der Waals surface area contributed by atoms with Crippen LogP contribution in [0.3, 0.4) is 0 Å². The van der Waals surface area contributed by atoms with Gasteiger partial charge in [0, 0.05) is 17.5 Å². The average molecular weight is 309 g/mol. The summed E-state index contributed by atoms with van der Waals surface area (Å²) in [5, 5.41) is 11.0. The van der Waals surface area contributed by atoms with Crippen molar-refractivity contribution in [3.8, 4) is 11.4 Å². The third-order valence-corrected chi connectivity index (χ3v) is 3.40. The Kier molecular flexibility index (Phi) is 4.12. The molecule has 3 aromatic rings. The van der Waals surface area contributed by atoms with Crippen LogP contribution in [0.5, 0.6) is 0 Å². The molecule has 108 valence electrons. The fourth-order valence-electron chi connectivity index (χ4n) is 2.04. The minimum absolute atomic E-state index is 0.252. The lowest BCUT2D eigenvalue weighted by molar-refractivity contribution is 1.17. The zero-order valence-electron chi connectivity index (χ0n) is 11.6. The maximum atomic E-state index is 7.54. The summed E-state index contributed by atoms with van der Waals surface area (Å²) in [5.41, 5.74) is 2.21.